The first-order valence-electron chi connectivity index (χ1n) is 14.4. The van der Waals surface area contributed by atoms with Gasteiger partial charge in [0.05, 0.1) is 25.4 Å². The second-order valence-corrected chi connectivity index (χ2v) is 9.75. The summed E-state index contributed by atoms with van der Waals surface area (Å²) in [6, 6.07) is 22.5. The second kappa shape index (κ2) is 18.6. The van der Waals surface area contributed by atoms with Crippen LogP contribution in [0.5, 0.6) is 11.5 Å². The summed E-state index contributed by atoms with van der Waals surface area (Å²) in [6.07, 6.45) is 8.16. The van der Waals surface area contributed by atoms with E-state index in [0.717, 1.165) is 48.1 Å². The van der Waals surface area contributed by atoms with Crippen molar-refractivity contribution in [2.75, 3.05) is 33.0 Å². The van der Waals surface area contributed by atoms with E-state index in [1.165, 1.54) is 12.2 Å². The Morgan fingerprint density at radius 1 is 0.682 bits per heavy atom. The Morgan fingerprint density at radius 3 is 1.86 bits per heavy atom. The van der Waals surface area contributed by atoms with Gasteiger partial charge in [-0.1, -0.05) is 67.8 Å². The van der Waals surface area contributed by atoms with Crippen LogP contribution in [0.1, 0.15) is 41.6 Å². The lowest BCUT2D eigenvalue weighted by atomic mass is 10.0. The summed E-state index contributed by atoms with van der Waals surface area (Å²) in [4.78, 5) is 35.1. The molecule has 1 N–H and O–H groups in total. The number of hydrogen-bond donors (Lipinski definition) is 1. The molecule has 0 amide bonds. The van der Waals surface area contributed by atoms with E-state index in [1.54, 1.807) is 18.2 Å². The number of aliphatic hydroxyl groups excluding tert-OH is 1. The molecule has 3 aromatic rings. The molecule has 0 aliphatic carbocycles. The van der Waals surface area contributed by atoms with E-state index < -0.39 is 12.6 Å². The molecule has 0 fully saturated rings. The second-order valence-electron chi connectivity index (χ2n) is 9.75. The molecule has 44 heavy (non-hydrogen) atoms. The zero-order valence-corrected chi connectivity index (χ0v) is 24.7. The number of benzene rings is 3. The van der Waals surface area contributed by atoms with Gasteiger partial charge in [0.1, 0.15) is 24.7 Å². The summed E-state index contributed by atoms with van der Waals surface area (Å²) < 4.78 is 21.3. The van der Waals surface area contributed by atoms with Gasteiger partial charge in [-0.25, -0.2) is 9.59 Å². The van der Waals surface area contributed by atoms with Crippen molar-refractivity contribution in [2.24, 2.45) is 0 Å². The Balaban J connectivity index is 1.38. The van der Waals surface area contributed by atoms with Crippen molar-refractivity contribution in [3.05, 3.63) is 115 Å². The lowest BCUT2D eigenvalue weighted by Crippen LogP contribution is -2.14. The zero-order chi connectivity index (χ0) is 31.6. The van der Waals surface area contributed by atoms with Gasteiger partial charge in [0.25, 0.3) is 0 Å². The number of allylic oxidation sites excluding steroid dienone is 1. The topological polar surface area (TPSA) is 108 Å². The highest BCUT2D eigenvalue weighted by Crippen LogP contribution is 2.23. The highest BCUT2D eigenvalue weighted by Gasteiger charge is 2.07. The van der Waals surface area contributed by atoms with Crippen molar-refractivity contribution in [3.8, 4) is 22.6 Å². The molecule has 3 rings (SSSR count). The number of carbonyl (C=O) groups excluding carboxylic acids is 3. The summed E-state index contributed by atoms with van der Waals surface area (Å²) in [5, 5.41) is 8.86. The first kappa shape index (κ1) is 33.6. The third-order valence-electron chi connectivity index (χ3n) is 6.45. The molecule has 0 atom stereocenters. The van der Waals surface area contributed by atoms with Gasteiger partial charge < -0.3 is 24.1 Å². The summed E-state index contributed by atoms with van der Waals surface area (Å²) in [5.74, 6) is 0.253. The van der Waals surface area contributed by atoms with Gasteiger partial charge in [-0.2, -0.15) is 0 Å². The Labute approximate surface area is 258 Å². The minimum atomic E-state index is -0.654. The van der Waals surface area contributed by atoms with Crippen molar-refractivity contribution in [2.45, 2.75) is 25.7 Å². The average molecular weight is 599 g/mol. The van der Waals surface area contributed by atoms with Gasteiger partial charge in [-0.15, -0.1) is 0 Å². The fraction of sp³-hybridized carbons (Fsp3) is 0.250. The number of esters is 2. The van der Waals surface area contributed by atoms with E-state index in [0.29, 0.717) is 24.5 Å². The van der Waals surface area contributed by atoms with Crippen LogP contribution in [-0.2, 0) is 19.1 Å². The Hall–Kier alpha value is -4.95. The normalized spacial score (nSPS) is 10.7. The summed E-state index contributed by atoms with van der Waals surface area (Å²) in [7, 11) is 0. The molecule has 230 valence electrons. The van der Waals surface area contributed by atoms with Gasteiger partial charge in [0.2, 0.25) is 0 Å². The number of aliphatic hydroxyl groups is 1. The van der Waals surface area contributed by atoms with Gasteiger partial charge in [0.15, 0.2) is 5.78 Å². The first-order valence-corrected chi connectivity index (χ1v) is 14.4. The van der Waals surface area contributed by atoms with Crippen LogP contribution >= 0.6 is 0 Å². The van der Waals surface area contributed by atoms with Crippen LogP contribution in [0.4, 0.5) is 0 Å². The molecule has 3 aromatic carbocycles. The third-order valence-corrected chi connectivity index (χ3v) is 6.45. The average Bonchev–Trinajstić information content (AvgIpc) is 3.07. The summed E-state index contributed by atoms with van der Waals surface area (Å²) in [5.41, 5.74) is 3.44. The van der Waals surface area contributed by atoms with Crippen LogP contribution < -0.4 is 9.47 Å². The summed E-state index contributed by atoms with van der Waals surface area (Å²) in [6.45, 7) is 7.56. The lowest BCUT2D eigenvalue weighted by Gasteiger charge is -2.08. The maximum atomic E-state index is 12.7. The molecule has 0 aromatic heterocycles. The Bertz CT molecular complexity index is 1400. The number of ether oxygens (including phenoxy) is 4. The van der Waals surface area contributed by atoms with Crippen LogP contribution in [0.25, 0.3) is 17.2 Å². The highest BCUT2D eigenvalue weighted by molar-refractivity contribution is 6.07. The number of hydrogen-bond acceptors (Lipinski definition) is 8. The van der Waals surface area contributed by atoms with Gasteiger partial charge >= 0.3 is 11.9 Å². The first-order chi connectivity index (χ1) is 21.4. The fourth-order valence-corrected chi connectivity index (χ4v) is 3.95. The molecule has 0 aliphatic heterocycles. The molecule has 0 heterocycles. The predicted octanol–water partition coefficient (Wildman–Crippen LogP) is 6.39. The molecule has 0 saturated carbocycles. The quantitative estimate of drug-likeness (QED) is 0.0732. The van der Waals surface area contributed by atoms with E-state index in [2.05, 4.69) is 13.2 Å². The van der Waals surface area contributed by atoms with Crippen LogP contribution in [0.3, 0.4) is 0 Å². The highest BCUT2D eigenvalue weighted by atomic mass is 16.6. The molecule has 0 spiro atoms. The fourth-order valence-electron chi connectivity index (χ4n) is 3.95. The maximum Gasteiger partial charge on any atom is 0.335 e. The molecule has 0 saturated heterocycles. The van der Waals surface area contributed by atoms with E-state index in [-0.39, 0.29) is 30.5 Å². The third kappa shape index (κ3) is 11.7. The van der Waals surface area contributed by atoms with E-state index >= 15 is 0 Å². The molecular formula is C36H38O8. The van der Waals surface area contributed by atoms with Crippen LogP contribution in [0.2, 0.25) is 0 Å². The largest absolute Gasteiger partial charge is 0.494 e. The SMILES string of the molecule is C=CC(=O)OCCCCCCOc1ccc(-c2ccc(C(=O)/C=C/c3ccc(OCCOC(=O)C(=C)CO)cc3)cc2)cc1. The maximum absolute atomic E-state index is 12.7. The van der Waals surface area contributed by atoms with Gasteiger partial charge in [0, 0.05) is 11.6 Å². The molecule has 8 heteroatoms. The Kier molecular flexibility index (Phi) is 14.2. The van der Waals surface area contributed by atoms with Crippen molar-refractivity contribution in [1.29, 1.82) is 0 Å². The van der Waals surface area contributed by atoms with Gasteiger partial charge in [-0.05, 0) is 72.7 Å². The molecule has 0 radical (unpaired) electrons. The minimum Gasteiger partial charge on any atom is -0.494 e. The van der Waals surface area contributed by atoms with Gasteiger partial charge in [-0.3, -0.25) is 4.79 Å². The summed E-state index contributed by atoms with van der Waals surface area (Å²) >= 11 is 0. The molecule has 0 aliphatic rings. The standard InChI is InChI=1S/C36H38O8/c1-3-35(39)43-23-7-5-4-6-22-41-33-19-15-30(16-20-33)29-11-13-31(14-12-29)34(38)21-10-28-8-17-32(18-9-28)42-24-25-44-36(40)27(2)26-37/h3,8-21,37H,1-2,4-7,22-26H2/b21-10+. The van der Waals surface area contributed by atoms with Crippen LogP contribution in [-0.4, -0.2) is 55.9 Å². The van der Waals surface area contributed by atoms with Crippen molar-refractivity contribution in [3.63, 3.8) is 0 Å². The molecular weight excluding hydrogens is 560 g/mol. The number of carbonyl (C=O) groups is 3. The van der Waals surface area contributed by atoms with E-state index in [1.807, 2.05) is 60.7 Å². The molecule has 8 nitrogen and oxygen atoms in total. The van der Waals surface area contributed by atoms with Crippen molar-refractivity contribution in [1.82, 2.24) is 0 Å². The van der Waals surface area contributed by atoms with Crippen molar-refractivity contribution >= 4 is 23.8 Å². The zero-order valence-electron chi connectivity index (χ0n) is 24.7. The van der Waals surface area contributed by atoms with Crippen LogP contribution in [0.15, 0.2) is 104 Å². The number of ketones is 1. The smallest absolute Gasteiger partial charge is 0.335 e. The Morgan fingerprint density at radius 2 is 1.25 bits per heavy atom. The van der Waals surface area contributed by atoms with E-state index in [4.69, 9.17) is 24.1 Å². The predicted molar refractivity (Wildman–Crippen MR) is 169 cm³/mol. The number of rotatable bonds is 19. The molecule has 0 unspecified atom stereocenters. The molecule has 0 bridgehead atoms. The lowest BCUT2D eigenvalue weighted by molar-refractivity contribution is -0.140. The van der Waals surface area contributed by atoms with Crippen LogP contribution in [0, 0.1) is 0 Å². The number of unbranched alkanes of at least 4 members (excludes halogenated alkanes) is 3. The van der Waals surface area contributed by atoms with Crippen molar-refractivity contribution < 1.29 is 38.4 Å². The van der Waals surface area contributed by atoms with E-state index in [9.17, 15) is 14.4 Å². The minimum absolute atomic E-state index is 0.00824. The monoisotopic (exact) mass is 598 g/mol.